The van der Waals surface area contributed by atoms with E-state index in [0.29, 0.717) is 18.1 Å². The van der Waals surface area contributed by atoms with Crippen molar-refractivity contribution in [2.24, 2.45) is 7.05 Å². The maximum atomic E-state index is 5.86. The summed E-state index contributed by atoms with van der Waals surface area (Å²) < 4.78 is 7.54. The molecule has 1 aromatic carbocycles. The van der Waals surface area contributed by atoms with E-state index >= 15 is 0 Å². The summed E-state index contributed by atoms with van der Waals surface area (Å²) in [7, 11) is 1.86. The Bertz CT molecular complexity index is 711. The standard InChI is InChI=1S/C13H11ClN4O/c1-18-8-15-11-10(18)12(17-13(14)16-11)19-7-9-5-3-2-4-6-9/h2-6,8H,7H2,1H3. The third-order valence-corrected chi connectivity index (χ3v) is 2.90. The van der Waals surface area contributed by atoms with Crippen molar-refractivity contribution in [3.63, 3.8) is 0 Å². The Labute approximate surface area is 114 Å². The van der Waals surface area contributed by atoms with E-state index in [4.69, 9.17) is 16.3 Å². The molecule has 0 N–H and O–H groups in total. The van der Waals surface area contributed by atoms with Crippen molar-refractivity contribution >= 4 is 22.8 Å². The maximum absolute atomic E-state index is 5.86. The molecule has 0 saturated heterocycles. The van der Waals surface area contributed by atoms with E-state index in [-0.39, 0.29) is 5.28 Å². The third-order valence-electron chi connectivity index (χ3n) is 2.73. The highest BCUT2D eigenvalue weighted by Crippen LogP contribution is 2.23. The minimum atomic E-state index is 0.134. The molecule has 0 fully saturated rings. The highest BCUT2D eigenvalue weighted by Gasteiger charge is 2.12. The van der Waals surface area contributed by atoms with Crippen molar-refractivity contribution in [2.45, 2.75) is 6.61 Å². The predicted octanol–water partition coefficient (Wildman–Crippen LogP) is 2.60. The summed E-state index contributed by atoms with van der Waals surface area (Å²) in [6.45, 7) is 0.425. The predicted molar refractivity (Wildman–Crippen MR) is 72.1 cm³/mol. The van der Waals surface area contributed by atoms with Gasteiger partial charge in [-0.3, -0.25) is 0 Å². The van der Waals surface area contributed by atoms with Gasteiger partial charge in [0.2, 0.25) is 11.2 Å². The average Bonchev–Trinajstić information content (AvgIpc) is 2.79. The van der Waals surface area contributed by atoms with Crippen LogP contribution >= 0.6 is 11.6 Å². The first-order valence-corrected chi connectivity index (χ1v) is 6.13. The molecule has 0 bridgehead atoms. The summed E-state index contributed by atoms with van der Waals surface area (Å²) in [5.41, 5.74) is 2.33. The first-order chi connectivity index (χ1) is 9.24. The SMILES string of the molecule is Cn1cnc2nc(Cl)nc(OCc3ccccc3)c21. The average molecular weight is 275 g/mol. The second-order valence-corrected chi connectivity index (χ2v) is 4.44. The molecule has 6 heteroatoms. The van der Waals surface area contributed by atoms with Crippen molar-refractivity contribution in [1.29, 1.82) is 0 Å². The van der Waals surface area contributed by atoms with Crippen LogP contribution in [0.25, 0.3) is 11.2 Å². The smallest absolute Gasteiger partial charge is 0.245 e. The summed E-state index contributed by atoms with van der Waals surface area (Å²) in [6, 6.07) is 9.87. The normalized spacial score (nSPS) is 10.8. The first kappa shape index (κ1) is 11.9. The van der Waals surface area contributed by atoms with Gasteiger partial charge in [-0.05, 0) is 17.2 Å². The molecule has 19 heavy (non-hydrogen) atoms. The van der Waals surface area contributed by atoms with Gasteiger partial charge >= 0.3 is 0 Å². The Balaban J connectivity index is 1.94. The molecule has 0 radical (unpaired) electrons. The monoisotopic (exact) mass is 274 g/mol. The van der Waals surface area contributed by atoms with Gasteiger partial charge in [-0.1, -0.05) is 30.3 Å². The summed E-state index contributed by atoms with van der Waals surface area (Å²) in [5.74, 6) is 0.443. The third kappa shape index (κ3) is 2.37. The van der Waals surface area contributed by atoms with Crippen molar-refractivity contribution in [1.82, 2.24) is 19.5 Å². The number of imidazole rings is 1. The lowest BCUT2D eigenvalue weighted by atomic mass is 10.2. The van der Waals surface area contributed by atoms with Crippen LogP contribution < -0.4 is 4.74 Å². The number of halogens is 1. The van der Waals surface area contributed by atoms with Crippen molar-refractivity contribution in [3.05, 3.63) is 47.5 Å². The molecule has 0 aliphatic rings. The quantitative estimate of drug-likeness (QED) is 0.689. The van der Waals surface area contributed by atoms with Crippen molar-refractivity contribution in [2.75, 3.05) is 0 Å². The number of hydrogen-bond donors (Lipinski definition) is 0. The molecule has 2 aromatic heterocycles. The zero-order valence-corrected chi connectivity index (χ0v) is 11.0. The molecular weight excluding hydrogens is 264 g/mol. The van der Waals surface area contributed by atoms with Crippen LogP contribution in [-0.4, -0.2) is 19.5 Å². The lowest BCUT2D eigenvalue weighted by molar-refractivity contribution is 0.296. The zero-order valence-electron chi connectivity index (χ0n) is 10.2. The molecule has 0 spiro atoms. The summed E-state index contributed by atoms with van der Waals surface area (Å²) in [4.78, 5) is 12.3. The van der Waals surface area contributed by atoms with E-state index < -0.39 is 0 Å². The molecular formula is C13H11ClN4O. The van der Waals surface area contributed by atoms with Gasteiger partial charge in [-0.2, -0.15) is 9.97 Å². The first-order valence-electron chi connectivity index (χ1n) is 5.75. The van der Waals surface area contributed by atoms with Crippen LogP contribution in [0.3, 0.4) is 0 Å². The van der Waals surface area contributed by atoms with Gasteiger partial charge in [0.05, 0.1) is 6.33 Å². The van der Waals surface area contributed by atoms with E-state index in [0.717, 1.165) is 11.1 Å². The number of aryl methyl sites for hydroxylation is 1. The molecule has 5 nitrogen and oxygen atoms in total. The van der Waals surface area contributed by atoms with E-state index in [2.05, 4.69) is 15.0 Å². The lowest BCUT2D eigenvalue weighted by Crippen LogP contribution is -2.01. The lowest BCUT2D eigenvalue weighted by Gasteiger charge is -2.07. The van der Waals surface area contributed by atoms with Crippen LogP contribution in [0.2, 0.25) is 5.28 Å². The largest absolute Gasteiger partial charge is 0.471 e. The van der Waals surface area contributed by atoms with Crippen LogP contribution in [0, 0.1) is 0 Å². The Morgan fingerprint density at radius 3 is 2.79 bits per heavy atom. The van der Waals surface area contributed by atoms with E-state index in [9.17, 15) is 0 Å². The van der Waals surface area contributed by atoms with Crippen molar-refractivity contribution in [3.8, 4) is 5.88 Å². The van der Waals surface area contributed by atoms with E-state index in [1.54, 1.807) is 6.33 Å². The van der Waals surface area contributed by atoms with Crippen LogP contribution in [0.1, 0.15) is 5.56 Å². The number of hydrogen-bond acceptors (Lipinski definition) is 4. The molecule has 0 atom stereocenters. The van der Waals surface area contributed by atoms with Crippen LogP contribution in [0.4, 0.5) is 0 Å². The minimum Gasteiger partial charge on any atom is -0.471 e. The number of fused-ring (bicyclic) bond motifs is 1. The van der Waals surface area contributed by atoms with Gasteiger partial charge in [-0.15, -0.1) is 0 Å². The van der Waals surface area contributed by atoms with Gasteiger partial charge in [0.15, 0.2) is 11.2 Å². The van der Waals surface area contributed by atoms with Crippen LogP contribution in [0.5, 0.6) is 5.88 Å². The van der Waals surface area contributed by atoms with E-state index in [1.807, 2.05) is 41.9 Å². The molecule has 0 aliphatic heterocycles. The van der Waals surface area contributed by atoms with E-state index in [1.165, 1.54) is 0 Å². The molecule has 0 amide bonds. The van der Waals surface area contributed by atoms with Gasteiger partial charge in [0, 0.05) is 7.05 Å². The maximum Gasteiger partial charge on any atom is 0.245 e. The highest BCUT2D eigenvalue weighted by molar-refractivity contribution is 6.28. The molecule has 2 heterocycles. The molecule has 0 aliphatic carbocycles. The minimum absolute atomic E-state index is 0.134. The molecule has 3 rings (SSSR count). The fourth-order valence-electron chi connectivity index (χ4n) is 1.82. The second-order valence-electron chi connectivity index (χ2n) is 4.10. The molecule has 0 saturated carbocycles. The Hall–Kier alpha value is -2.14. The van der Waals surface area contributed by atoms with Gasteiger partial charge in [0.1, 0.15) is 6.61 Å². The van der Waals surface area contributed by atoms with Gasteiger partial charge in [0.25, 0.3) is 0 Å². The number of aromatic nitrogens is 4. The Morgan fingerprint density at radius 1 is 1.21 bits per heavy atom. The van der Waals surface area contributed by atoms with Crippen molar-refractivity contribution < 1.29 is 4.74 Å². The molecule has 96 valence electrons. The summed E-state index contributed by atoms with van der Waals surface area (Å²) >= 11 is 5.86. The topological polar surface area (TPSA) is 52.8 Å². The summed E-state index contributed by atoms with van der Waals surface area (Å²) in [5, 5.41) is 0.134. The second kappa shape index (κ2) is 4.85. The van der Waals surface area contributed by atoms with Gasteiger partial charge < -0.3 is 9.30 Å². The number of rotatable bonds is 3. The number of nitrogens with zero attached hydrogens (tertiary/aromatic N) is 4. The molecule has 3 aromatic rings. The number of benzene rings is 1. The zero-order chi connectivity index (χ0) is 13.2. The Morgan fingerprint density at radius 2 is 2.00 bits per heavy atom. The highest BCUT2D eigenvalue weighted by atomic mass is 35.5. The van der Waals surface area contributed by atoms with Gasteiger partial charge in [-0.25, -0.2) is 4.98 Å². The fourth-order valence-corrected chi connectivity index (χ4v) is 1.98. The fraction of sp³-hybridized carbons (Fsp3) is 0.154. The summed E-state index contributed by atoms with van der Waals surface area (Å²) in [6.07, 6.45) is 1.66. The molecule has 0 unspecified atom stereocenters. The Kier molecular flexibility index (Phi) is 3.05. The van der Waals surface area contributed by atoms with Crippen LogP contribution in [0.15, 0.2) is 36.7 Å². The number of ether oxygens (including phenoxy) is 1. The van der Waals surface area contributed by atoms with Crippen LogP contribution in [-0.2, 0) is 13.7 Å².